The van der Waals surface area contributed by atoms with Gasteiger partial charge in [0.25, 0.3) is 0 Å². The number of ether oxygens (including phenoxy) is 1. The molecule has 0 saturated carbocycles. The highest BCUT2D eigenvalue weighted by atomic mass is 32.1. The third-order valence-electron chi connectivity index (χ3n) is 3.23. The fraction of sp³-hybridized carbons (Fsp3) is 0.267. The molecule has 0 spiro atoms. The second kappa shape index (κ2) is 5.42. The minimum Gasteiger partial charge on any atom is -0.497 e. The van der Waals surface area contributed by atoms with Gasteiger partial charge in [0.05, 0.1) is 23.9 Å². The van der Waals surface area contributed by atoms with Crippen molar-refractivity contribution in [3.63, 3.8) is 0 Å². The smallest absolute Gasteiger partial charge is 0.184 e. The molecule has 2 aromatic heterocycles. The summed E-state index contributed by atoms with van der Waals surface area (Å²) in [5, 5.41) is 4.36. The number of aryl methyl sites for hydroxylation is 2. The third-order valence-corrected chi connectivity index (χ3v) is 5.35. The quantitative estimate of drug-likeness (QED) is 0.765. The average molecular weight is 304 g/mol. The lowest BCUT2D eigenvalue weighted by atomic mass is 10.3. The van der Waals surface area contributed by atoms with Crippen molar-refractivity contribution in [2.45, 2.75) is 20.4 Å². The van der Waals surface area contributed by atoms with E-state index in [4.69, 9.17) is 4.74 Å². The van der Waals surface area contributed by atoms with Crippen LogP contribution in [0.25, 0.3) is 10.2 Å². The Bertz CT molecular complexity index is 726. The number of nitrogens with one attached hydrogen (secondary N) is 1. The Kier molecular flexibility index (Phi) is 3.63. The number of thiophene rings is 1. The van der Waals surface area contributed by atoms with E-state index >= 15 is 0 Å². The first-order chi connectivity index (χ1) is 9.65. The Balaban J connectivity index is 1.77. The summed E-state index contributed by atoms with van der Waals surface area (Å²) in [6.45, 7) is 5.14. The Hall–Kier alpha value is -1.59. The fourth-order valence-corrected chi connectivity index (χ4v) is 3.89. The van der Waals surface area contributed by atoms with Gasteiger partial charge in [-0.3, -0.25) is 0 Å². The fourth-order valence-electron chi connectivity index (χ4n) is 2.01. The van der Waals surface area contributed by atoms with Crippen LogP contribution in [-0.4, -0.2) is 12.1 Å². The van der Waals surface area contributed by atoms with Crippen LogP contribution in [0.2, 0.25) is 0 Å². The topological polar surface area (TPSA) is 34.1 Å². The molecule has 104 valence electrons. The van der Waals surface area contributed by atoms with Crippen molar-refractivity contribution < 1.29 is 4.74 Å². The van der Waals surface area contributed by atoms with Crippen molar-refractivity contribution in [1.82, 2.24) is 4.98 Å². The van der Waals surface area contributed by atoms with Crippen LogP contribution in [0.1, 0.15) is 15.3 Å². The van der Waals surface area contributed by atoms with Crippen molar-refractivity contribution in [3.05, 3.63) is 39.6 Å². The van der Waals surface area contributed by atoms with Gasteiger partial charge in [0.15, 0.2) is 5.13 Å². The zero-order chi connectivity index (χ0) is 14.1. The Labute approximate surface area is 126 Å². The summed E-state index contributed by atoms with van der Waals surface area (Å²) >= 11 is 3.50. The molecular formula is C15H16N2OS2. The molecule has 1 N–H and O–H groups in total. The molecule has 0 unspecified atom stereocenters. The minimum atomic E-state index is 0.830. The molecule has 3 nitrogen and oxygen atoms in total. The zero-order valence-corrected chi connectivity index (χ0v) is 13.3. The van der Waals surface area contributed by atoms with Crippen LogP contribution in [0.15, 0.2) is 24.3 Å². The Morgan fingerprint density at radius 3 is 2.75 bits per heavy atom. The number of thiazole rings is 1. The summed E-state index contributed by atoms with van der Waals surface area (Å²) in [7, 11) is 1.68. The van der Waals surface area contributed by atoms with E-state index in [1.165, 1.54) is 15.3 Å². The van der Waals surface area contributed by atoms with Crippen molar-refractivity contribution in [2.24, 2.45) is 0 Å². The molecule has 20 heavy (non-hydrogen) atoms. The van der Waals surface area contributed by atoms with Crippen molar-refractivity contribution >= 4 is 38.0 Å². The number of aromatic nitrogens is 1. The Morgan fingerprint density at radius 1 is 1.20 bits per heavy atom. The largest absolute Gasteiger partial charge is 0.497 e. The average Bonchev–Trinajstić information content (AvgIpc) is 2.99. The van der Waals surface area contributed by atoms with Gasteiger partial charge in [-0.05, 0) is 43.7 Å². The maximum Gasteiger partial charge on any atom is 0.184 e. The first-order valence-corrected chi connectivity index (χ1v) is 8.03. The summed E-state index contributed by atoms with van der Waals surface area (Å²) < 4.78 is 6.38. The molecule has 3 aromatic rings. The van der Waals surface area contributed by atoms with Crippen molar-refractivity contribution in [2.75, 3.05) is 12.4 Å². The van der Waals surface area contributed by atoms with E-state index in [9.17, 15) is 0 Å². The van der Waals surface area contributed by atoms with Crippen LogP contribution >= 0.6 is 22.7 Å². The molecule has 0 aliphatic heterocycles. The summed E-state index contributed by atoms with van der Waals surface area (Å²) in [5.41, 5.74) is 2.37. The number of anilines is 1. The highest BCUT2D eigenvalue weighted by Gasteiger charge is 2.06. The van der Waals surface area contributed by atoms with E-state index < -0.39 is 0 Å². The molecule has 3 rings (SSSR count). The maximum atomic E-state index is 5.24. The summed E-state index contributed by atoms with van der Waals surface area (Å²) in [6.07, 6.45) is 0. The molecule has 0 amide bonds. The van der Waals surface area contributed by atoms with Gasteiger partial charge in [0, 0.05) is 9.75 Å². The molecule has 0 saturated heterocycles. The number of benzene rings is 1. The second-order valence-corrected chi connectivity index (χ2v) is 7.03. The van der Waals surface area contributed by atoms with Gasteiger partial charge >= 0.3 is 0 Å². The molecule has 0 aliphatic carbocycles. The lowest BCUT2D eigenvalue weighted by molar-refractivity contribution is 0.415. The van der Waals surface area contributed by atoms with Gasteiger partial charge in [-0.2, -0.15) is 0 Å². The molecule has 5 heteroatoms. The molecule has 0 radical (unpaired) electrons. The molecule has 0 bridgehead atoms. The van der Waals surface area contributed by atoms with Crippen molar-refractivity contribution in [3.8, 4) is 5.75 Å². The van der Waals surface area contributed by atoms with Crippen LogP contribution in [0.4, 0.5) is 5.13 Å². The van der Waals surface area contributed by atoms with E-state index in [1.54, 1.807) is 18.4 Å². The molecule has 0 fully saturated rings. The summed E-state index contributed by atoms with van der Waals surface area (Å²) in [6, 6.07) is 8.20. The highest BCUT2D eigenvalue weighted by molar-refractivity contribution is 7.22. The number of hydrogen-bond acceptors (Lipinski definition) is 5. The van der Waals surface area contributed by atoms with Crippen LogP contribution < -0.4 is 10.1 Å². The maximum absolute atomic E-state index is 5.24. The lowest BCUT2D eigenvalue weighted by Gasteiger charge is -1.98. The van der Waals surface area contributed by atoms with Gasteiger partial charge in [0.1, 0.15) is 5.75 Å². The molecule has 0 atom stereocenters. The van der Waals surface area contributed by atoms with E-state index in [0.717, 1.165) is 27.6 Å². The Morgan fingerprint density at radius 2 is 2.05 bits per heavy atom. The number of methoxy groups -OCH3 is 1. The van der Waals surface area contributed by atoms with Gasteiger partial charge in [0.2, 0.25) is 0 Å². The summed E-state index contributed by atoms with van der Waals surface area (Å²) in [4.78, 5) is 7.32. The van der Waals surface area contributed by atoms with E-state index in [2.05, 4.69) is 30.2 Å². The van der Waals surface area contributed by atoms with E-state index in [-0.39, 0.29) is 0 Å². The summed E-state index contributed by atoms with van der Waals surface area (Å²) in [5.74, 6) is 0.872. The van der Waals surface area contributed by atoms with Crippen LogP contribution in [0, 0.1) is 13.8 Å². The standard InChI is InChI=1S/C15H16N2OS2/c1-9-6-12(19-10(9)2)8-16-15-17-13-5-4-11(18-3)7-14(13)20-15/h4-7H,8H2,1-3H3,(H,16,17). The van der Waals surface area contributed by atoms with Crippen LogP contribution in [-0.2, 0) is 6.54 Å². The predicted molar refractivity (Wildman–Crippen MR) is 87.3 cm³/mol. The second-order valence-electron chi connectivity index (χ2n) is 4.66. The molecule has 0 aliphatic rings. The molecular weight excluding hydrogens is 288 g/mol. The van der Waals surface area contributed by atoms with Gasteiger partial charge in [-0.1, -0.05) is 11.3 Å². The van der Waals surface area contributed by atoms with Crippen LogP contribution in [0.3, 0.4) is 0 Å². The van der Waals surface area contributed by atoms with Gasteiger partial charge < -0.3 is 10.1 Å². The highest BCUT2D eigenvalue weighted by Crippen LogP contribution is 2.30. The lowest BCUT2D eigenvalue weighted by Crippen LogP contribution is -1.96. The van der Waals surface area contributed by atoms with Crippen LogP contribution in [0.5, 0.6) is 5.75 Å². The first-order valence-electron chi connectivity index (χ1n) is 6.40. The van der Waals surface area contributed by atoms with Gasteiger partial charge in [-0.15, -0.1) is 11.3 Å². The monoisotopic (exact) mass is 304 g/mol. The zero-order valence-electron chi connectivity index (χ0n) is 11.7. The number of fused-ring (bicyclic) bond motifs is 1. The third kappa shape index (κ3) is 2.64. The molecule has 2 heterocycles. The van der Waals surface area contributed by atoms with E-state index in [0.29, 0.717) is 0 Å². The van der Waals surface area contributed by atoms with Gasteiger partial charge in [-0.25, -0.2) is 4.98 Å². The van der Waals surface area contributed by atoms with E-state index in [1.807, 2.05) is 29.5 Å². The predicted octanol–water partition coefficient (Wildman–Crippen LogP) is 4.60. The number of nitrogens with zero attached hydrogens (tertiary/aromatic N) is 1. The normalized spacial score (nSPS) is 10.9. The number of hydrogen-bond donors (Lipinski definition) is 1. The first kappa shape index (κ1) is 13.4. The van der Waals surface area contributed by atoms with Crippen molar-refractivity contribution in [1.29, 1.82) is 0 Å². The molecule has 1 aromatic carbocycles. The minimum absolute atomic E-state index is 0.830. The SMILES string of the molecule is COc1ccc2nc(NCc3cc(C)c(C)s3)sc2c1. The number of rotatable bonds is 4.